The minimum Gasteiger partial charge on any atom is -0.387 e. The Bertz CT molecular complexity index is 483. The Morgan fingerprint density at radius 3 is 2.60 bits per heavy atom. The third kappa shape index (κ3) is 3.80. The normalized spacial score (nSPS) is 18.1. The number of nitrogens with two attached hydrogens (primary N) is 1. The summed E-state index contributed by atoms with van der Waals surface area (Å²) in [6.45, 7) is 4.71. The maximum Gasteiger partial charge on any atom is 0.136 e. The summed E-state index contributed by atoms with van der Waals surface area (Å²) in [6, 6.07) is 0. The lowest BCUT2D eigenvalue weighted by Gasteiger charge is -2.27. The Balaban J connectivity index is 2.08. The third-order valence-electron chi connectivity index (χ3n) is 3.44. The second-order valence-electron chi connectivity index (χ2n) is 6.30. The Kier molecular flexibility index (Phi) is 4.15. The van der Waals surface area contributed by atoms with Gasteiger partial charge in [0.15, 0.2) is 0 Å². The topological polar surface area (TPSA) is 87.3 Å². The number of nitrogens with one attached hydrogen (secondary N) is 1. The van der Waals surface area contributed by atoms with E-state index in [1.807, 2.05) is 32.8 Å². The lowest BCUT2D eigenvalue weighted by atomic mass is 10.1. The highest BCUT2D eigenvalue weighted by atomic mass is 16.3. The van der Waals surface area contributed by atoms with Gasteiger partial charge in [-0.05, 0) is 40.8 Å². The highest BCUT2D eigenvalue weighted by Crippen LogP contribution is 2.39. The third-order valence-corrected chi connectivity index (χ3v) is 3.44. The Labute approximate surface area is 120 Å². The summed E-state index contributed by atoms with van der Waals surface area (Å²) in [6.07, 6.45) is 2.28. The molecular weight excluding hydrogens is 254 g/mol. The number of likely N-dealkylation sites (N-methyl/N-ethyl adjacent to an activating group) is 1. The van der Waals surface area contributed by atoms with E-state index in [0.717, 1.165) is 30.0 Å². The molecule has 20 heavy (non-hydrogen) atoms. The standard InChI is InChI=1S/C14H25N5O/c1-9-11(15)17-13(10-5-6-10)18-12(9)16-7-14(2,20)8-19(3)4/h10,20H,5-8H2,1-4H3,(H3,15,16,17,18). The van der Waals surface area contributed by atoms with Crippen LogP contribution in [0, 0.1) is 6.92 Å². The SMILES string of the molecule is Cc1c(N)nc(C2CC2)nc1NCC(C)(O)CN(C)C. The van der Waals surface area contributed by atoms with Crippen molar-refractivity contribution in [1.29, 1.82) is 0 Å². The maximum absolute atomic E-state index is 10.3. The first-order chi connectivity index (χ1) is 9.28. The van der Waals surface area contributed by atoms with Crippen molar-refractivity contribution in [1.82, 2.24) is 14.9 Å². The first-order valence-corrected chi connectivity index (χ1v) is 7.03. The van der Waals surface area contributed by atoms with Gasteiger partial charge in [0, 0.05) is 24.6 Å². The van der Waals surface area contributed by atoms with Crippen molar-refractivity contribution in [3.8, 4) is 0 Å². The molecule has 1 aromatic heterocycles. The zero-order valence-electron chi connectivity index (χ0n) is 12.8. The number of aliphatic hydroxyl groups is 1. The monoisotopic (exact) mass is 279 g/mol. The van der Waals surface area contributed by atoms with E-state index in [2.05, 4.69) is 15.3 Å². The van der Waals surface area contributed by atoms with E-state index < -0.39 is 5.60 Å². The molecule has 0 spiro atoms. The number of anilines is 2. The highest BCUT2D eigenvalue weighted by Gasteiger charge is 2.28. The fourth-order valence-corrected chi connectivity index (χ4v) is 2.26. The molecule has 0 bridgehead atoms. The molecule has 1 aromatic rings. The molecule has 0 amide bonds. The molecule has 0 aliphatic heterocycles. The van der Waals surface area contributed by atoms with Crippen LogP contribution in [0.25, 0.3) is 0 Å². The van der Waals surface area contributed by atoms with E-state index in [4.69, 9.17) is 5.73 Å². The minimum absolute atomic E-state index is 0.423. The molecule has 2 rings (SSSR count). The summed E-state index contributed by atoms with van der Waals surface area (Å²) in [5, 5.41) is 13.5. The largest absolute Gasteiger partial charge is 0.387 e. The molecule has 1 aliphatic carbocycles. The first kappa shape index (κ1) is 15.0. The van der Waals surface area contributed by atoms with Gasteiger partial charge in [0.25, 0.3) is 0 Å². The Morgan fingerprint density at radius 2 is 2.05 bits per heavy atom. The van der Waals surface area contributed by atoms with Crippen LogP contribution in [0.3, 0.4) is 0 Å². The summed E-state index contributed by atoms with van der Waals surface area (Å²) in [4.78, 5) is 10.9. The number of aromatic nitrogens is 2. The summed E-state index contributed by atoms with van der Waals surface area (Å²) >= 11 is 0. The van der Waals surface area contributed by atoms with E-state index in [0.29, 0.717) is 24.8 Å². The van der Waals surface area contributed by atoms with Gasteiger partial charge in [-0.3, -0.25) is 0 Å². The minimum atomic E-state index is -0.824. The average molecular weight is 279 g/mol. The zero-order chi connectivity index (χ0) is 14.9. The van der Waals surface area contributed by atoms with Gasteiger partial charge in [0.05, 0.1) is 5.60 Å². The first-order valence-electron chi connectivity index (χ1n) is 7.03. The van der Waals surface area contributed by atoms with Gasteiger partial charge in [0.2, 0.25) is 0 Å². The van der Waals surface area contributed by atoms with E-state index in [1.165, 1.54) is 0 Å². The molecule has 6 nitrogen and oxygen atoms in total. The second kappa shape index (κ2) is 5.54. The average Bonchev–Trinajstić information content (AvgIpc) is 3.13. The lowest BCUT2D eigenvalue weighted by molar-refractivity contribution is 0.0459. The van der Waals surface area contributed by atoms with Crippen molar-refractivity contribution in [3.63, 3.8) is 0 Å². The second-order valence-corrected chi connectivity index (χ2v) is 6.30. The van der Waals surface area contributed by atoms with Crippen molar-refractivity contribution >= 4 is 11.6 Å². The molecule has 6 heteroatoms. The van der Waals surface area contributed by atoms with E-state index in [-0.39, 0.29) is 0 Å². The summed E-state index contributed by atoms with van der Waals surface area (Å²) < 4.78 is 0. The van der Waals surface area contributed by atoms with Gasteiger partial charge in [-0.2, -0.15) is 0 Å². The van der Waals surface area contributed by atoms with Crippen LogP contribution in [-0.2, 0) is 0 Å². The van der Waals surface area contributed by atoms with Gasteiger partial charge in [-0.15, -0.1) is 0 Å². The van der Waals surface area contributed by atoms with Crippen molar-refractivity contribution in [2.45, 2.75) is 38.2 Å². The van der Waals surface area contributed by atoms with E-state index >= 15 is 0 Å². The van der Waals surface area contributed by atoms with E-state index in [1.54, 1.807) is 0 Å². The predicted octanol–water partition coefficient (Wildman–Crippen LogP) is 0.969. The van der Waals surface area contributed by atoms with Crippen molar-refractivity contribution in [2.24, 2.45) is 0 Å². The van der Waals surface area contributed by atoms with Crippen molar-refractivity contribution in [2.75, 3.05) is 38.2 Å². The molecule has 1 heterocycles. The molecule has 1 atom stereocenters. The van der Waals surface area contributed by atoms with Crippen LogP contribution in [0.1, 0.15) is 37.1 Å². The molecule has 0 saturated heterocycles. The molecule has 1 fully saturated rings. The smallest absolute Gasteiger partial charge is 0.136 e. The van der Waals surface area contributed by atoms with Gasteiger partial charge < -0.3 is 21.1 Å². The molecule has 1 unspecified atom stereocenters. The number of hydrogen-bond donors (Lipinski definition) is 3. The van der Waals surface area contributed by atoms with Crippen LogP contribution in [-0.4, -0.2) is 52.8 Å². The molecule has 0 aromatic carbocycles. The van der Waals surface area contributed by atoms with Gasteiger partial charge in [0.1, 0.15) is 17.5 Å². The van der Waals surface area contributed by atoms with Crippen LogP contribution < -0.4 is 11.1 Å². The molecule has 1 aliphatic rings. The van der Waals surface area contributed by atoms with E-state index in [9.17, 15) is 5.11 Å². The number of rotatable bonds is 6. The van der Waals surface area contributed by atoms with Crippen LogP contribution in [0.4, 0.5) is 11.6 Å². The van der Waals surface area contributed by atoms with Crippen LogP contribution in [0.15, 0.2) is 0 Å². The van der Waals surface area contributed by atoms with Gasteiger partial charge in [-0.25, -0.2) is 9.97 Å². The van der Waals surface area contributed by atoms with Crippen LogP contribution in [0.5, 0.6) is 0 Å². The summed E-state index contributed by atoms with van der Waals surface area (Å²) in [7, 11) is 3.88. The fraction of sp³-hybridized carbons (Fsp3) is 0.714. The van der Waals surface area contributed by atoms with Gasteiger partial charge >= 0.3 is 0 Å². The van der Waals surface area contributed by atoms with Crippen LogP contribution in [0.2, 0.25) is 0 Å². The summed E-state index contributed by atoms with van der Waals surface area (Å²) in [5.41, 5.74) is 5.96. The molecule has 112 valence electrons. The lowest BCUT2D eigenvalue weighted by Crippen LogP contribution is -2.43. The predicted molar refractivity (Wildman–Crippen MR) is 80.8 cm³/mol. The van der Waals surface area contributed by atoms with Crippen molar-refractivity contribution in [3.05, 3.63) is 11.4 Å². The fourth-order valence-electron chi connectivity index (χ4n) is 2.26. The molecule has 0 radical (unpaired) electrons. The Morgan fingerprint density at radius 1 is 1.40 bits per heavy atom. The number of nitrogens with zero attached hydrogens (tertiary/aromatic N) is 3. The highest BCUT2D eigenvalue weighted by molar-refractivity contribution is 5.55. The number of nitrogen functional groups attached to an aromatic ring is 1. The molecule has 4 N–H and O–H groups in total. The van der Waals surface area contributed by atoms with Crippen LogP contribution >= 0.6 is 0 Å². The maximum atomic E-state index is 10.3. The zero-order valence-corrected chi connectivity index (χ0v) is 12.8. The Hall–Kier alpha value is -1.40. The number of hydrogen-bond acceptors (Lipinski definition) is 6. The molecule has 1 saturated carbocycles. The van der Waals surface area contributed by atoms with Crippen molar-refractivity contribution < 1.29 is 5.11 Å². The summed E-state index contributed by atoms with van der Waals surface area (Å²) in [5.74, 6) is 2.54. The van der Waals surface area contributed by atoms with Gasteiger partial charge in [-0.1, -0.05) is 0 Å². The molecular formula is C14H25N5O. The quantitative estimate of drug-likeness (QED) is 0.719.